The van der Waals surface area contributed by atoms with E-state index in [-0.39, 0.29) is 24.1 Å². The molecule has 0 aromatic carbocycles. The second-order valence-corrected chi connectivity index (χ2v) is 7.09. The number of likely N-dealkylation sites (tertiary alicyclic amines) is 1. The van der Waals surface area contributed by atoms with Gasteiger partial charge >= 0.3 is 5.69 Å². The molecule has 4 rings (SSSR count). The third-order valence-corrected chi connectivity index (χ3v) is 5.13. The number of aromatic nitrogens is 4. The van der Waals surface area contributed by atoms with Crippen molar-refractivity contribution in [3.63, 3.8) is 0 Å². The molecule has 0 N–H and O–H groups in total. The smallest absolute Gasteiger partial charge is 0.340 e. The zero-order chi connectivity index (χ0) is 17.2. The molecule has 0 spiro atoms. The molecule has 3 heterocycles. The molecule has 0 bridgehead atoms. The summed E-state index contributed by atoms with van der Waals surface area (Å²) < 4.78 is 3.63. The van der Waals surface area contributed by atoms with Crippen LogP contribution in [-0.2, 0) is 17.9 Å². The molecule has 2 aromatic heterocycles. The second kappa shape index (κ2) is 6.82. The monoisotopic (exact) mass is 341 g/mol. The molecule has 2 fully saturated rings. The third kappa shape index (κ3) is 3.65. The first-order valence-corrected chi connectivity index (χ1v) is 9.01. The molecule has 1 aliphatic heterocycles. The summed E-state index contributed by atoms with van der Waals surface area (Å²) in [5.74, 6) is 2.15. The van der Waals surface area contributed by atoms with Crippen LogP contribution in [0.15, 0.2) is 35.6 Å². The predicted molar refractivity (Wildman–Crippen MR) is 92.0 cm³/mol. The van der Waals surface area contributed by atoms with E-state index in [1.54, 1.807) is 12.3 Å². The fourth-order valence-corrected chi connectivity index (χ4v) is 3.58. The van der Waals surface area contributed by atoms with Crippen LogP contribution in [0, 0.1) is 5.92 Å². The van der Waals surface area contributed by atoms with Crippen molar-refractivity contribution in [2.75, 3.05) is 13.1 Å². The zero-order valence-corrected chi connectivity index (χ0v) is 14.3. The fourth-order valence-electron chi connectivity index (χ4n) is 3.58. The number of nitrogens with zero attached hydrogens (tertiary/aromatic N) is 5. The minimum atomic E-state index is -0.385. The van der Waals surface area contributed by atoms with Crippen molar-refractivity contribution in [3.8, 4) is 0 Å². The van der Waals surface area contributed by atoms with E-state index in [4.69, 9.17) is 0 Å². The topological polar surface area (TPSA) is 73.0 Å². The Kier molecular flexibility index (Phi) is 4.38. The maximum absolute atomic E-state index is 12.6. The summed E-state index contributed by atoms with van der Waals surface area (Å²) in [5, 5.41) is 0. The lowest BCUT2D eigenvalue weighted by molar-refractivity contribution is -0.133. The molecule has 7 nitrogen and oxygen atoms in total. The van der Waals surface area contributed by atoms with Crippen molar-refractivity contribution in [3.05, 3.63) is 47.2 Å². The lowest BCUT2D eigenvalue weighted by atomic mass is 9.97. The van der Waals surface area contributed by atoms with Crippen molar-refractivity contribution >= 4 is 5.91 Å². The van der Waals surface area contributed by atoms with E-state index in [1.165, 1.54) is 23.6 Å². The number of hydrogen-bond acceptors (Lipinski definition) is 4. The van der Waals surface area contributed by atoms with Gasteiger partial charge in [-0.2, -0.15) is 0 Å². The summed E-state index contributed by atoms with van der Waals surface area (Å²) in [6.45, 7) is 2.52. The number of imidazole rings is 1. The van der Waals surface area contributed by atoms with Crippen LogP contribution in [0.2, 0.25) is 0 Å². The van der Waals surface area contributed by atoms with E-state index in [0.29, 0.717) is 6.54 Å². The van der Waals surface area contributed by atoms with E-state index >= 15 is 0 Å². The van der Waals surface area contributed by atoms with Crippen LogP contribution in [0.1, 0.15) is 37.4 Å². The Labute approximate surface area is 146 Å². The number of rotatable bonds is 5. The van der Waals surface area contributed by atoms with Gasteiger partial charge in [-0.3, -0.25) is 9.36 Å². The second-order valence-electron chi connectivity index (χ2n) is 7.09. The Morgan fingerprint density at radius 2 is 2.00 bits per heavy atom. The number of carbonyl (C=O) groups is 1. The summed E-state index contributed by atoms with van der Waals surface area (Å²) in [5.41, 5.74) is -0.385. The molecular formula is C18H23N5O2. The maximum atomic E-state index is 12.6. The van der Waals surface area contributed by atoms with Gasteiger partial charge in [0, 0.05) is 50.3 Å². The van der Waals surface area contributed by atoms with E-state index < -0.39 is 0 Å². The van der Waals surface area contributed by atoms with Crippen LogP contribution in [0.4, 0.5) is 0 Å². The van der Waals surface area contributed by atoms with Crippen molar-refractivity contribution in [2.45, 2.75) is 44.7 Å². The first-order chi connectivity index (χ1) is 12.2. The summed E-state index contributed by atoms with van der Waals surface area (Å²) >= 11 is 0. The van der Waals surface area contributed by atoms with Gasteiger partial charge in [0.2, 0.25) is 5.91 Å². The zero-order valence-electron chi connectivity index (χ0n) is 14.3. The minimum absolute atomic E-state index is 0.0277. The molecule has 1 amide bonds. The van der Waals surface area contributed by atoms with Gasteiger partial charge < -0.3 is 9.47 Å². The van der Waals surface area contributed by atoms with E-state index in [1.807, 2.05) is 11.1 Å². The van der Waals surface area contributed by atoms with Crippen molar-refractivity contribution in [1.29, 1.82) is 0 Å². The average Bonchev–Trinajstić information content (AvgIpc) is 3.32. The average molecular weight is 341 g/mol. The van der Waals surface area contributed by atoms with E-state index in [0.717, 1.165) is 37.7 Å². The molecule has 132 valence electrons. The third-order valence-electron chi connectivity index (χ3n) is 5.13. The van der Waals surface area contributed by atoms with Crippen LogP contribution in [0.3, 0.4) is 0 Å². The molecule has 25 heavy (non-hydrogen) atoms. The van der Waals surface area contributed by atoms with Crippen molar-refractivity contribution < 1.29 is 4.79 Å². The number of carbonyl (C=O) groups excluding carboxylic acids is 1. The van der Waals surface area contributed by atoms with E-state index in [2.05, 4.69) is 20.7 Å². The summed E-state index contributed by atoms with van der Waals surface area (Å²) in [6, 6.07) is 1.67. The van der Waals surface area contributed by atoms with Crippen LogP contribution < -0.4 is 5.69 Å². The van der Waals surface area contributed by atoms with Gasteiger partial charge in [0.15, 0.2) is 0 Å². The van der Waals surface area contributed by atoms with Crippen molar-refractivity contribution in [1.82, 2.24) is 24.0 Å². The quantitative estimate of drug-likeness (QED) is 0.821. The standard InChI is InChI=1S/C18H23N5O2/c24-16(13-23-9-2-6-20-18(23)25)21-8-1-3-15(12-21)17-19-7-10-22(17)11-14-4-5-14/h2,6-7,9-10,14-15H,1,3-5,8,11-13H2. The van der Waals surface area contributed by atoms with Crippen LogP contribution in [-0.4, -0.2) is 43.0 Å². The Hall–Kier alpha value is -2.44. The molecule has 1 saturated carbocycles. The molecule has 1 unspecified atom stereocenters. The number of piperidine rings is 1. The molecule has 2 aliphatic rings. The normalized spacial score (nSPS) is 20.6. The molecule has 1 saturated heterocycles. The highest BCUT2D eigenvalue weighted by atomic mass is 16.2. The highest BCUT2D eigenvalue weighted by Crippen LogP contribution is 2.33. The van der Waals surface area contributed by atoms with Gasteiger partial charge in [-0.25, -0.2) is 14.8 Å². The Bertz CT molecular complexity index is 808. The van der Waals surface area contributed by atoms with Gasteiger partial charge in [-0.1, -0.05) is 0 Å². The van der Waals surface area contributed by atoms with Gasteiger partial charge in [0.25, 0.3) is 0 Å². The van der Waals surface area contributed by atoms with Crippen molar-refractivity contribution in [2.24, 2.45) is 5.92 Å². The van der Waals surface area contributed by atoms with Gasteiger partial charge in [-0.15, -0.1) is 0 Å². The summed E-state index contributed by atoms with van der Waals surface area (Å²) in [4.78, 5) is 34.5. The van der Waals surface area contributed by atoms with Gasteiger partial charge in [0.05, 0.1) is 0 Å². The Balaban J connectivity index is 1.44. The number of amides is 1. The van der Waals surface area contributed by atoms with E-state index in [9.17, 15) is 9.59 Å². The lowest BCUT2D eigenvalue weighted by Gasteiger charge is -2.33. The van der Waals surface area contributed by atoms with Gasteiger partial charge in [-0.05, 0) is 37.7 Å². The Morgan fingerprint density at radius 3 is 2.80 bits per heavy atom. The van der Waals surface area contributed by atoms with Gasteiger partial charge in [0.1, 0.15) is 12.4 Å². The van der Waals surface area contributed by atoms with Crippen LogP contribution in [0.5, 0.6) is 0 Å². The lowest BCUT2D eigenvalue weighted by Crippen LogP contribution is -2.42. The largest absolute Gasteiger partial charge is 0.347 e. The summed E-state index contributed by atoms with van der Waals surface area (Å²) in [7, 11) is 0. The molecule has 2 aromatic rings. The predicted octanol–water partition coefficient (Wildman–Crippen LogP) is 1.26. The first kappa shape index (κ1) is 16.1. The molecule has 0 radical (unpaired) electrons. The molecule has 7 heteroatoms. The van der Waals surface area contributed by atoms with Crippen LogP contribution >= 0.6 is 0 Å². The molecule has 1 atom stereocenters. The molecule has 1 aliphatic carbocycles. The molecular weight excluding hydrogens is 318 g/mol. The minimum Gasteiger partial charge on any atom is -0.340 e. The highest BCUT2D eigenvalue weighted by Gasteiger charge is 2.29. The highest BCUT2D eigenvalue weighted by molar-refractivity contribution is 5.76. The number of hydrogen-bond donors (Lipinski definition) is 0. The summed E-state index contributed by atoms with van der Waals surface area (Å²) in [6.07, 6.45) is 11.6. The van der Waals surface area contributed by atoms with Crippen LogP contribution in [0.25, 0.3) is 0 Å². The fraction of sp³-hybridized carbons (Fsp3) is 0.556. The Morgan fingerprint density at radius 1 is 1.12 bits per heavy atom. The maximum Gasteiger partial charge on any atom is 0.347 e. The SMILES string of the molecule is O=C(Cn1cccnc1=O)N1CCCC(c2nccn2CC2CC2)C1. The first-order valence-electron chi connectivity index (χ1n) is 9.01.